The predicted octanol–water partition coefficient (Wildman–Crippen LogP) is 6.14. The van der Waals surface area contributed by atoms with Crippen molar-refractivity contribution in [2.75, 3.05) is 5.32 Å². The molecule has 9 heteroatoms. The van der Waals surface area contributed by atoms with E-state index in [1.807, 2.05) is 27.7 Å². The van der Waals surface area contributed by atoms with Gasteiger partial charge in [0.2, 0.25) is 0 Å². The van der Waals surface area contributed by atoms with Crippen molar-refractivity contribution < 1.29 is 27.8 Å². The molecule has 0 fully saturated rings. The Morgan fingerprint density at radius 2 is 1.63 bits per heavy atom. The average molecular weight is 447 g/mol. The first-order chi connectivity index (χ1) is 13.7. The predicted molar refractivity (Wildman–Crippen MR) is 114 cm³/mol. The van der Waals surface area contributed by atoms with Crippen LogP contribution in [-0.4, -0.2) is 17.7 Å². The number of amides is 2. The van der Waals surface area contributed by atoms with E-state index in [1.54, 1.807) is 13.8 Å². The van der Waals surface area contributed by atoms with Crippen molar-refractivity contribution in [2.45, 2.75) is 65.6 Å². The molecule has 1 heterocycles. The number of ether oxygens (including phenoxy) is 1. The number of benzene rings is 1. The van der Waals surface area contributed by atoms with Crippen LogP contribution >= 0.6 is 11.3 Å². The standard InChI is InChI=1S/C14H20F2N2O2.C7H9FOS/c1-7(2)10-5-9(20-13(15)16)6-11(8(3)4)12(10)18-14(17)19;1-7(2,9)6-3-5(8)4-10-6/h5-8,13H,1-4H3,(H3,17,18,19);3-4,9H,1-2H3. The maximum Gasteiger partial charge on any atom is 0.387 e. The number of primary amides is 1. The minimum absolute atomic E-state index is 0.0237. The minimum Gasteiger partial charge on any atom is -0.435 e. The molecule has 0 saturated heterocycles. The molecule has 0 spiro atoms. The van der Waals surface area contributed by atoms with Crippen LogP contribution in [0.4, 0.5) is 23.7 Å². The summed E-state index contributed by atoms with van der Waals surface area (Å²) in [6.45, 7) is 7.99. The molecule has 1 aromatic carbocycles. The van der Waals surface area contributed by atoms with E-state index in [9.17, 15) is 23.1 Å². The van der Waals surface area contributed by atoms with Gasteiger partial charge in [-0.3, -0.25) is 0 Å². The summed E-state index contributed by atoms with van der Waals surface area (Å²) in [7, 11) is 0. The number of halogens is 3. The monoisotopic (exact) mass is 446 g/mol. The van der Waals surface area contributed by atoms with E-state index in [0.29, 0.717) is 21.7 Å². The Hall–Kier alpha value is -2.26. The molecule has 1 aromatic heterocycles. The topological polar surface area (TPSA) is 84.6 Å². The van der Waals surface area contributed by atoms with Crippen molar-refractivity contribution in [3.05, 3.63) is 45.4 Å². The first kappa shape index (κ1) is 25.8. The Balaban J connectivity index is 0.000000375. The van der Waals surface area contributed by atoms with Crippen LogP contribution in [0, 0.1) is 5.82 Å². The summed E-state index contributed by atoms with van der Waals surface area (Å²) in [5.74, 6) is -0.143. The highest BCUT2D eigenvalue weighted by Crippen LogP contribution is 2.36. The second-order valence-electron chi connectivity index (χ2n) is 7.84. The largest absolute Gasteiger partial charge is 0.435 e. The highest BCUT2D eigenvalue weighted by atomic mass is 32.1. The number of rotatable bonds is 6. The molecule has 0 aliphatic carbocycles. The molecule has 0 radical (unpaired) electrons. The molecule has 0 aliphatic heterocycles. The molecular formula is C21H29F3N2O3S. The quantitative estimate of drug-likeness (QED) is 0.498. The van der Waals surface area contributed by atoms with Gasteiger partial charge in [-0.05, 0) is 55.0 Å². The Kier molecular flexibility index (Phi) is 9.17. The van der Waals surface area contributed by atoms with Crippen LogP contribution in [0.1, 0.15) is 69.4 Å². The van der Waals surface area contributed by atoms with E-state index in [0.717, 1.165) is 0 Å². The number of carbonyl (C=O) groups is 1. The highest BCUT2D eigenvalue weighted by Gasteiger charge is 2.19. The maximum absolute atomic E-state index is 12.4. The molecule has 2 amide bonds. The summed E-state index contributed by atoms with van der Waals surface area (Å²) < 4.78 is 41.6. The molecule has 0 unspecified atom stereocenters. The number of anilines is 1. The number of urea groups is 1. The summed E-state index contributed by atoms with van der Waals surface area (Å²) in [5.41, 5.74) is 6.27. The van der Waals surface area contributed by atoms with Gasteiger partial charge in [0.1, 0.15) is 11.6 Å². The van der Waals surface area contributed by atoms with Crippen molar-refractivity contribution >= 4 is 23.1 Å². The molecule has 5 nitrogen and oxygen atoms in total. The molecule has 30 heavy (non-hydrogen) atoms. The second kappa shape index (κ2) is 10.7. The molecule has 0 aliphatic rings. The van der Waals surface area contributed by atoms with Gasteiger partial charge in [-0.25, -0.2) is 9.18 Å². The molecule has 168 valence electrons. The van der Waals surface area contributed by atoms with E-state index >= 15 is 0 Å². The van der Waals surface area contributed by atoms with Crippen molar-refractivity contribution in [2.24, 2.45) is 5.73 Å². The number of hydrogen-bond acceptors (Lipinski definition) is 4. The fourth-order valence-corrected chi connectivity index (χ4v) is 3.42. The number of thiophene rings is 1. The summed E-state index contributed by atoms with van der Waals surface area (Å²) in [6, 6.07) is 3.68. The molecule has 2 rings (SSSR count). The summed E-state index contributed by atoms with van der Waals surface area (Å²) in [5, 5.41) is 13.3. The Bertz CT molecular complexity index is 817. The third kappa shape index (κ3) is 7.87. The minimum atomic E-state index is -2.88. The van der Waals surface area contributed by atoms with Gasteiger partial charge in [-0.1, -0.05) is 27.7 Å². The first-order valence-electron chi connectivity index (χ1n) is 9.38. The third-order valence-electron chi connectivity index (χ3n) is 4.06. The summed E-state index contributed by atoms with van der Waals surface area (Å²) in [4.78, 5) is 11.8. The van der Waals surface area contributed by atoms with E-state index in [1.165, 1.54) is 34.9 Å². The van der Waals surface area contributed by atoms with Gasteiger partial charge in [-0.2, -0.15) is 8.78 Å². The van der Waals surface area contributed by atoms with E-state index in [2.05, 4.69) is 10.1 Å². The molecule has 0 saturated carbocycles. The fourth-order valence-electron chi connectivity index (χ4n) is 2.64. The van der Waals surface area contributed by atoms with Gasteiger partial charge < -0.3 is 20.9 Å². The summed E-state index contributed by atoms with van der Waals surface area (Å²) >= 11 is 1.23. The number of aliphatic hydroxyl groups is 1. The fraction of sp³-hybridized carbons (Fsp3) is 0.476. The van der Waals surface area contributed by atoms with Crippen LogP contribution in [0.5, 0.6) is 5.75 Å². The number of hydrogen-bond donors (Lipinski definition) is 3. The van der Waals surface area contributed by atoms with E-state index in [4.69, 9.17) is 5.73 Å². The van der Waals surface area contributed by atoms with Gasteiger partial charge in [0, 0.05) is 15.9 Å². The zero-order chi connectivity index (χ0) is 23.2. The van der Waals surface area contributed by atoms with Crippen LogP contribution in [0.25, 0.3) is 0 Å². The van der Waals surface area contributed by atoms with Gasteiger partial charge >= 0.3 is 12.6 Å². The maximum atomic E-state index is 12.4. The van der Waals surface area contributed by atoms with Crippen LogP contribution in [0.2, 0.25) is 0 Å². The van der Waals surface area contributed by atoms with Gasteiger partial charge in [0.25, 0.3) is 0 Å². The van der Waals surface area contributed by atoms with Crippen molar-refractivity contribution in [3.63, 3.8) is 0 Å². The zero-order valence-corrected chi connectivity index (χ0v) is 18.7. The van der Waals surface area contributed by atoms with Gasteiger partial charge in [0.05, 0.1) is 5.60 Å². The van der Waals surface area contributed by atoms with Crippen LogP contribution in [-0.2, 0) is 5.60 Å². The van der Waals surface area contributed by atoms with Crippen LogP contribution in [0.15, 0.2) is 23.6 Å². The molecule has 4 N–H and O–H groups in total. The second-order valence-corrected chi connectivity index (χ2v) is 8.75. The Morgan fingerprint density at radius 1 is 1.13 bits per heavy atom. The smallest absolute Gasteiger partial charge is 0.387 e. The Labute approximate surface area is 179 Å². The lowest BCUT2D eigenvalue weighted by molar-refractivity contribution is -0.0499. The number of alkyl halides is 2. The average Bonchev–Trinajstić information content (AvgIpc) is 3.02. The third-order valence-corrected chi connectivity index (χ3v) is 5.28. The van der Waals surface area contributed by atoms with E-state index < -0.39 is 18.2 Å². The van der Waals surface area contributed by atoms with Gasteiger partial charge in [0.15, 0.2) is 0 Å². The van der Waals surface area contributed by atoms with Crippen molar-refractivity contribution in [1.29, 1.82) is 0 Å². The number of nitrogens with two attached hydrogens (primary N) is 1. The Morgan fingerprint density at radius 3 is 1.90 bits per heavy atom. The lowest BCUT2D eigenvalue weighted by Crippen LogP contribution is -2.22. The van der Waals surface area contributed by atoms with Crippen LogP contribution in [0.3, 0.4) is 0 Å². The van der Waals surface area contributed by atoms with E-state index in [-0.39, 0.29) is 23.4 Å². The van der Waals surface area contributed by atoms with Crippen molar-refractivity contribution in [1.82, 2.24) is 0 Å². The first-order valence-corrected chi connectivity index (χ1v) is 10.3. The van der Waals surface area contributed by atoms with Gasteiger partial charge in [-0.15, -0.1) is 11.3 Å². The lowest BCUT2D eigenvalue weighted by atomic mass is 9.92. The molecule has 2 aromatic rings. The summed E-state index contributed by atoms with van der Waals surface area (Å²) in [6.07, 6.45) is 0. The molecule has 0 atom stereocenters. The normalized spacial score (nSPS) is 11.5. The number of carbonyl (C=O) groups excluding carboxylic acids is 1. The number of nitrogens with one attached hydrogen (secondary N) is 1. The van der Waals surface area contributed by atoms with Crippen LogP contribution < -0.4 is 15.8 Å². The SMILES string of the molecule is CC(C)(O)c1cc(F)cs1.CC(C)c1cc(OC(F)F)cc(C(C)C)c1NC(N)=O. The lowest BCUT2D eigenvalue weighted by Gasteiger charge is -2.21. The molecular weight excluding hydrogens is 417 g/mol. The molecule has 0 bridgehead atoms. The zero-order valence-electron chi connectivity index (χ0n) is 17.9. The highest BCUT2D eigenvalue weighted by molar-refractivity contribution is 7.10. The van der Waals surface area contributed by atoms with Crippen molar-refractivity contribution in [3.8, 4) is 5.75 Å².